The molecule has 0 bridgehead atoms. The van der Waals surface area contributed by atoms with Crippen LogP contribution in [0.3, 0.4) is 0 Å². The number of terminal acetylenes is 1. The van der Waals surface area contributed by atoms with Crippen molar-refractivity contribution in [3.05, 3.63) is 0 Å². The van der Waals surface area contributed by atoms with Gasteiger partial charge in [-0.3, -0.25) is 0 Å². The van der Waals surface area contributed by atoms with Gasteiger partial charge in [0.05, 0.1) is 0 Å². The van der Waals surface area contributed by atoms with Gasteiger partial charge in [0, 0.05) is 0 Å². The van der Waals surface area contributed by atoms with E-state index in [1.165, 1.54) is 0 Å². The molecule has 0 aromatic heterocycles. The maximum absolute atomic E-state index is 4.85. The first-order valence-corrected chi connectivity index (χ1v) is 2.79. The van der Waals surface area contributed by atoms with E-state index in [4.69, 9.17) is 6.42 Å². The van der Waals surface area contributed by atoms with Crippen molar-refractivity contribution in [2.24, 2.45) is 0 Å². The minimum Gasteiger partial charge on any atom is -0.144 e. The Bertz CT molecular complexity index is 110. The second-order valence-electron chi connectivity index (χ2n) is 0.519. The standard InChI is InChI=1S/C4HSi2/c1-2-6-4-3-5/h1H. The van der Waals surface area contributed by atoms with E-state index in [1.807, 2.05) is 0 Å². The van der Waals surface area contributed by atoms with Gasteiger partial charge in [0.2, 0.25) is 9.52 Å². The van der Waals surface area contributed by atoms with E-state index in [-0.39, 0.29) is 0 Å². The highest BCUT2D eigenvalue weighted by atomic mass is 28.2. The summed E-state index contributed by atoms with van der Waals surface area (Å²) in [5.41, 5.74) is 7.54. The molecule has 0 aromatic carbocycles. The van der Waals surface area contributed by atoms with E-state index >= 15 is 0 Å². The smallest absolute Gasteiger partial charge is 0.144 e. The third kappa shape index (κ3) is 3.55. The third-order valence-electron chi connectivity index (χ3n) is 0.197. The van der Waals surface area contributed by atoms with Gasteiger partial charge in [0.15, 0.2) is 0 Å². The normalized spacial score (nSPS) is 4.67. The number of hydrogen-bond donors (Lipinski definition) is 0. The fourth-order valence-corrected chi connectivity index (χ4v) is 0.390. The van der Waals surface area contributed by atoms with Crippen molar-refractivity contribution < 1.29 is 0 Å². The molecule has 0 nitrogen and oxygen atoms in total. The lowest BCUT2D eigenvalue weighted by Gasteiger charge is -1.56. The van der Waals surface area contributed by atoms with Gasteiger partial charge in [-0.25, -0.2) is 0 Å². The van der Waals surface area contributed by atoms with Crippen LogP contribution in [-0.2, 0) is 0 Å². The molecule has 0 saturated carbocycles. The van der Waals surface area contributed by atoms with Crippen LogP contribution in [0, 0.1) is 23.1 Å². The van der Waals surface area contributed by atoms with Crippen molar-refractivity contribution >= 4 is 19.8 Å². The molecule has 5 radical (unpaired) electrons. The average Bonchev–Trinajstić information content (AvgIpc) is 1.61. The molecule has 0 aromatic rings. The highest BCUT2D eigenvalue weighted by Gasteiger charge is 1.61. The summed E-state index contributed by atoms with van der Waals surface area (Å²) in [6, 6.07) is 0. The molecule has 0 aliphatic heterocycles. The van der Waals surface area contributed by atoms with E-state index in [9.17, 15) is 0 Å². The predicted molar refractivity (Wildman–Crippen MR) is 28.1 cm³/mol. The minimum absolute atomic E-state index is 0.333. The van der Waals surface area contributed by atoms with Crippen LogP contribution >= 0.6 is 0 Å². The lowest BCUT2D eigenvalue weighted by atomic mass is 11.4. The molecule has 0 atom stereocenters. The summed E-state index contributed by atoms with van der Waals surface area (Å²) in [7, 11) is 3.28. The second kappa shape index (κ2) is 4.55. The van der Waals surface area contributed by atoms with Gasteiger partial charge < -0.3 is 0 Å². The van der Waals surface area contributed by atoms with E-state index < -0.39 is 0 Å². The zero-order valence-corrected chi connectivity index (χ0v) is 5.08. The zero-order valence-electron chi connectivity index (χ0n) is 3.08. The van der Waals surface area contributed by atoms with Crippen molar-refractivity contribution in [1.29, 1.82) is 0 Å². The molecular formula is C4HSi2. The highest BCUT2D eigenvalue weighted by molar-refractivity contribution is 6.56. The molecule has 0 aliphatic carbocycles. The topological polar surface area (TPSA) is 0 Å². The molecular weight excluding hydrogens is 104 g/mol. The summed E-state index contributed by atoms with van der Waals surface area (Å²) < 4.78 is 0. The first-order valence-electron chi connectivity index (χ1n) is 1.29. The summed E-state index contributed by atoms with van der Waals surface area (Å²) in [5, 5.41) is 0. The first kappa shape index (κ1) is 5.55. The maximum Gasteiger partial charge on any atom is 0.248 e. The Labute approximate surface area is 43.6 Å². The largest absolute Gasteiger partial charge is 0.248 e. The molecule has 0 N–H and O–H groups in total. The van der Waals surface area contributed by atoms with Crippen LogP contribution in [0.1, 0.15) is 0 Å². The summed E-state index contributed by atoms with van der Waals surface area (Å²) in [5.74, 6) is 0. The third-order valence-corrected chi connectivity index (χ3v) is 0.967. The zero-order chi connectivity index (χ0) is 4.83. The summed E-state index contributed by atoms with van der Waals surface area (Å²) >= 11 is 0. The van der Waals surface area contributed by atoms with Crippen molar-refractivity contribution in [3.63, 3.8) is 0 Å². The van der Waals surface area contributed by atoms with E-state index in [2.05, 4.69) is 26.9 Å². The lowest BCUT2D eigenvalue weighted by molar-refractivity contribution is 2.82. The second-order valence-corrected chi connectivity index (χ2v) is 1.56. The van der Waals surface area contributed by atoms with Crippen molar-refractivity contribution in [2.75, 3.05) is 0 Å². The summed E-state index contributed by atoms with van der Waals surface area (Å²) in [6.45, 7) is 0. The van der Waals surface area contributed by atoms with E-state index in [0.29, 0.717) is 9.52 Å². The summed E-state index contributed by atoms with van der Waals surface area (Å²) in [4.78, 5) is 0. The molecule has 0 heterocycles. The van der Waals surface area contributed by atoms with Crippen LogP contribution < -0.4 is 0 Å². The Hall–Kier alpha value is -0.446. The van der Waals surface area contributed by atoms with Gasteiger partial charge in [-0.2, -0.15) is 0 Å². The van der Waals surface area contributed by atoms with Gasteiger partial charge in [0.1, 0.15) is 10.2 Å². The van der Waals surface area contributed by atoms with Crippen LogP contribution in [0.4, 0.5) is 0 Å². The van der Waals surface area contributed by atoms with Crippen LogP contribution in [0.15, 0.2) is 0 Å². The van der Waals surface area contributed by atoms with Crippen molar-refractivity contribution in [1.82, 2.24) is 0 Å². The fraction of sp³-hybridized carbons (Fsp3) is 0. The molecule has 0 fully saturated rings. The Morgan fingerprint density at radius 3 is 2.50 bits per heavy atom. The minimum atomic E-state index is 0.333. The SMILES string of the molecule is C#C[Si]C#C[Si]. The molecule has 0 unspecified atom stereocenters. The molecule has 0 saturated heterocycles. The first-order chi connectivity index (χ1) is 2.91. The highest BCUT2D eigenvalue weighted by Crippen LogP contribution is 1.43. The molecule has 0 rings (SSSR count). The van der Waals surface area contributed by atoms with Gasteiger partial charge in [-0.15, -0.1) is 23.1 Å². The van der Waals surface area contributed by atoms with Crippen molar-refractivity contribution in [3.8, 4) is 23.1 Å². The van der Waals surface area contributed by atoms with Crippen molar-refractivity contribution in [2.45, 2.75) is 0 Å². The molecule has 25 valence electrons. The van der Waals surface area contributed by atoms with Crippen LogP contribution in [0.2, 0.25) is 0 Å². The van der Waals surface area contributed by atoms with E-state index in [0.717, 1.165) is 0 Å². The lowest BCUT2D eigenvalue weighted by Crippen LogP contribution is -1.74. The van der Waals surface area contributed by atoms with Gasteiger partial charge >= 0.3 is 0 Å². The monoisotopic (exact) mass is 105 g/mol. The van der Waals surface area contributed by atoms with Crippen LogP contribution in [0.5, 0.6) is 0 Å². The van der Waals surface area contributed by atoms with E-state index in [1.54, 1.807) is 0 Å². The van der Waals surface area contributed by atoms with Gasteiger partial charge in [-0.1, -0.05) is 0 Å². The maximum atomic E-state index is 4.85. The number of rotatable bonds is 0. The molecule has 6 heavy (non-hydrogen) atoms. The van der Waals surface area contributed by atoms with Crippen LogP contribution in [-0.4, -0.2) is 19.8 Å². The van der Waals surface area contributed by atoms with Crippen LogP contribution in [0.25, 0.3) is 0 Å². The molecule has 0 amide bonds. The Kier molecular flexibility index (Phi) is 4.22. The molecule has 0 aliphatic rings. The Balaban J connectivity index is 3.07. The Morgan fingerprint density at radius 1 is 1.67 bits per heavy atom. The van der Waals surface area contributed by atoms with Gasteiger partial charge in [-0.05, 0) is 0 Å². The average molecular weight is 105 g/mol. The molecule has 2 heteroatoms. The number of hydrogen-bond acceptors (Lipinski definition) is 0. The Morgan fingerprint density at radius 2 is 2.33 bits per heavy atom. The molecule has 0 spiro atoms. The predicted octanol–water partition coefficient (Wildman–Crippen LogP) is -0.632. The quantitative estimate of drug-likeness (QED) is 0.284. The fourth-order valence-electron chi connectivity index (χ4n) is 0.0673. The van der Waals surface area contributed by atoms with Gasteiger partial charge in [0.25, 0.3) is 0 Å². The summed E-state index contributed by atoms with van der Waals surface area (Å²) in [6.07, 6.45) is 4.85.